The summed E-state index contributed by atoms with van der Waals surface area (Å²) in [5.41, 5.74) is 1.91. The predicted octanol–water partition coefficient (Wildman–Crippen LogP) is 3.23. The first-order valence-corrected chi connectivity index (χ1v) is 10.5. The van der Waals surface area contributed by atoms with Gasteiger partial charge < -0.3 is 10.1 Å². The number of carbonyl (C=O) groups is 1. The molecule has 0 aliphatic carbocycles. The molecule has 0 bridgehead atoms. The molecule has 0 saturated heterocycles. The Kier molecular flexibility index (Phi) is 5.73. The number of fused-ring (bicyclic) bond motifs is 1. The molecule has 2 aromatic carbocycles. The van der Waals surface area contributed by atoms with Crippen molar-refractivity contribution in [1.82, 2.24) is 9.13 Å². The van der Waals surface area contributed by atoms with Crippen molar-refractivity contribution in [2.75, 3.05) is 12.4 Å². The van der Waals surface area contributed by atoms with Crippen molar-refractivity contribution in [1.29, 1.82) is 0 Å². The van der Waals surface area contributed by atoms with Crippen LogP contribution in [0.2, 0.25) is 0 Å². The summed E-state index contributed by atoms with van der Waals surface area (Å²) in [5.74, 6) is 0.242. The number of methoxy groups -OCH3 is 1. The fourth-order valence-corrected chi connectivity index (χ4v) is 4.34. The highest BCUT2D eigenvalue weighted by Crippen LogP contribution is 2.19. The summed E-state index contributed by atoms with van der Waals surface area (Å²) in [6.07, 6.45) is 0. The standard InChI is InChI=1S/C23H21N3O4S/c1-15-6-5-8-17(12-15)24-20(27)14-25-18-10-11-31-21(18)22(28)26(23(25)29)13-16-7-3-4-9-19(16)30-2/h3-12H,13-14H2,1-2H3,(H,24,27). The summed E-state index contributed by atoms with van der Waals surface area (Å²) in [5, 5.41) is 4.56. The van der Waals surface area contributed by atoms with E-state index in [0.717, 1.165) is 10.1 Å². The average Bonchev–Trinajstić information content (AvgIpc) is 3.24. The number of anilines is 1. The van der Waals surface area contributed by atoms with Gasteiger partial charge in [0.05, 0.1) is 19.2 Å². The molecule has 0 aliphatic heterocycles. The van der Waals surface area contributed by atoms with Crippen molar-refractivity contribution in [2.45, 2.75) is 20.0 Å². The second-order valence-electron chi connectivity index (χ2n) is 7.12. The van der Waals surface area contributed by atoms with Gasteiger partial charge in [-0.2, -0.15) is 0 Å². The molecule has 0 radical (unpaired) electrons. The van der Waals surface area contributed by atoms with E-state index in [9.17, 15) is 14.4 Å². The summed E-state index contributed by atoms with van der Waals surface area (Å²) in [4.78, 5) is 38.9. The Morgan fingerprint density at radius 1 is 1.06 bits per heavy atom. The number of aryl methyl sites for hydroxylation is 1. The van der Waals surface area contributed by atoms with Gasteiger partial charge in [0, 0.05) is 11.3 Å². The maximum absolute atomic E-state index is 13.3. The van der Waals surface area contributed by atoms with Crippen molar-refractivity contribution in [2.24, 2.45) is 0 Å². The van der Waals surface area contributed by atoms with Crippen LogP contribution in [-0.2, 0) is 17.9 Å². The summed E-state index contributed by atoms with van der Waals surface area (Å²) < 4.78 is 8.27. The van der Waals surface area contributed by atoms with Crippen LogP contribution in [0, 0.1) is 6.92 Å². The van der Waals surface area contributed by atoms with E-state index in [1.165, 1.54) is 23.0 Å². The van der Waals surface area contributed by atoms with Gasteiger partial charge in [-0.3, -0.25) is 18.7 Å². The second kappa shape index (κ2) is 8.61. The van der Waals surface area contributed by atoms with E-state index in [1.807, 2.05) is 37.3 Å². The zero-order chi connectivity index (χ0) is 22.0. The zero-order valence-corrected chi connectivity index (χ0v) is 17.9. The lowest BCUT2D eigenvalue weighted by molar-refractivity contribution is -0.116. The van der Waals surface area contributed by atoms with Crippen LogP contribution >= 0.6 is 11.3 Å². The number of hydrogen-bond donors (Lipinski definition) is 1. The molecule has 0 atom stereocenters. The first-order chi connectivity index (χ1) is 15.0. The third-order valence-corrected chi connectivity index (χ3v) is 5.85. The van der Waals surface area contributed by atoms with E-state index in [2.05, 4.69) is 5.32 Å². The molecule has 0 aliphatic rings. The highest BCUT2D eigenvalue weighted by molar-refractivity contribution is 7.17. The Bertz CT molecular complexity index is 1380. The number of amides is 1. The third-order valence-electron chi connectivity index (χ3n) is 4.96. The second-order valence-corrected chi connectivity index (χ2v) is 8.04. The van der Waals surface area contributed by atoms with Crippen LogP contribution in [0.15, 0.2) is 69.6 Å². The molecular formula is C23H21N3O4S. The van der Waals surface area contributed by atoms with Crippen molar-refractivity contribution < 1.29 is 9.53 Å². The highest BCUT2D eigenvalue weighted by Gasteiger charge is 2.17. The number of benzene rings is 2. The summed E-state index contributed by atoms with van der Waals surface area (Å²) in [6.45, 7) is 1.78. The lowest BCUT2D eigenvalue weighted by atomic mass is 10.2. The Morgan fingerprint density at radius 2 is 1.87 bits per heavy atom. The number of nitrogens with zero attached hydrogens (tertiary/aromatic N) is 2. The smallest absolute Gasteiger partial charge is 0.332 e. The van der Waals surface area contributed by atoms with Crippen molar-refractivity contribution in [3.05, 3.63) is 91.9 Å². The molecule has 7 nitrogen and oxygen atoms in total. The van der Waals surface area contributed by atoms with Crippen LogP contribution in [0.5, 0.6) is 5.75 Å². The van der Waals surface area contributed by atoms with Crippen molar-refractivity contribution >= 4 is 33.1 Å². The summed E-state index contributed by atoms with van der Waals surface area (Å²) >= 11 is 1.25. The van der Waals surface area contributed by atoms with Gasteiger partial charge in [0.1, 0.15) is 17.0 Å². The molecule has 0 unspecified atom stereocenters. The fourth-order valence-electron chi connectivity index (χ4n) is 3.50. The lowest BCUT2D eigenvalue weighted by Gasteiger charge is -2.14. The molecule has 0 spiro atoms. The van der Waals surface area contributed by atoms with Gasteiger partial charge >= 0.3 is 5.69 Å². The van der Waals surface area contributed by atoms with E-state index in [1.54, 1.807) is 29.6 Å². The largest absolute Gasteiger partial charge is 0.496 e. The molecule has 2 heterocycles. The van der Waals surface area contributed by atoms with Crippen LogP contribution in [0.4, 0.5) is 5.69 Å². The maximum Gasteiger partial charge on any atom is 0.332 e. The minimum atomic E-state index is -0.541. The van der Waals surface area contributed by atoms with Gasteiger partial charge in [0.2, 0.25) is 5.91 Å². The number of aromatic nitrogens is 2. The first kappa shape index (κ1) is 20.6. The summed E-state index contributed by atoms with van der Waals surface area (Å²) in [7, 11) is 1.54. The van der Waals surface area contributed by atoms with Gasteiger partial charge in [-0.05, 0) is 42.1 Å². The molecule has 31 heavy (non-hydrogen) atoms. The Labute approximate surface area is 182 Å². The van der Waals surface area contributed by atoms with E-state index in [4.69, 9.17) is 4.74 Å². The Hall–Kier alpha value is -3.65. The van der Waals surface area contributed by atoms with Gasteiger partial charge in [0.25, 0.3) is 5.56 Å². The molecule has 4 aromatic rings. The molecule has 1 amide bonds. The van der Waals surface area contributed by atoms with E-state index in [-0.39, 0.29) is 24.6 Å². The monoisotopic (exact) mass is 435 g/mol. The first-order valence-electron chi connectivity index (χ1n) is 9.67. The SMILES string of the molecule is COc1ccccc1Cn1c(=O)c2sccc2n(CC(=O)Nc2cccc(C)c2)c1=O. The number of carbonyl (C=O) groups excluding carboxylic acids is 1. The third kappa shape index (κ3) is 4.15. The Balaban J connectivity index is 1.73. The normalized spacial score (nSPS) is 10.9. The minimum Gasteiger partial charge on any atom is -0.496 e. The molecule has 2 aromatic heterocycles. The zero-order valence-electron chi connectivity index (χ0n) is 17.1. The summed E-state index contributed by atoms with van der Waals surface area (Å²) in [6, 6.07) is 16.3. The Morgan fingerprint density at radius 3 is 2.65 bits per heavy atom. The predicted molar refractivity (Wildman–Crippen MR) is 122 cm³/mol. The number of ether oxygens (including phenoxy) is 1. The average molecular weight is 436 g/mol. The molecule has 1 N–H and O–H groups in total. The molecule has 158 valence electrons. The maximum atomic E-state index is 13.3. The van der Waals surface area contributed by atoms with Crippen LogP contribution in [0.25, 0.3) is 10.2 Å². The highest BCUT2D eigenvalue weighted by atomic mass is 32.1. The van der Waals surface area contributed by atoms with Crippen LogP contribution in [-0.4, -0.2) is 22.2 Å². The van der Waals surface area contributed by atoms with Gasteiger partial charge in [-0.15, -0.1) is 11.3 Å². The van der Waals surface area contributed by atoms with Gasteiger partial charge in [-0.25, -0.2) is 4.79 Å². The van der Waals surface area contributed by atoms with Crippen molar-refractivity contribution in [3.8, 4) is 5.75 Å². The van der Waals surface area contributed by atoms with Crippen molar-refractivity contribution in [3.63, 3.8) is 0 Å². The molecular weight excluding hydrogens is 414 g/mol. The number of thiophene rings is 1. The minimum absolute atomic E-state index is 0.0506. The molecule has 0 saturated carbocycles. The number of para-hydroxylation sites is 1. The van der Waals surface area contributed by atoms with Crippen LogP contribution in [0.1, 0.15) is 11.1 Å². The van der Waals surface area contributed by atoms with Crippen LogP contribution in [0.3, 0.4) is 0 Å². The van der Waals surface area contributed by atoms with Gasteiger partial charge in [0.15, 0.2) is 0 Å². The number of hydrogen-bond acceptors (Lipinski definition) is 5. The molecule has 4 rings (SSSR count). The van der Waals surface area contributed by atoms with E-state index in [0.29, 0.717) is 27.2 Å². The molecule has 0 fully saturated rings. The quantitative estimate of drug-likeness (QED) is 0.504. The number of nitrogens with one attached hydrogen (secondary N) is 1. The lowest BCUT2D eigenvalue weighted by Crippen LogP contribution is -2.41. The molecule has 8 heteroatoms. The number of rotatable bonds is 6. The fraction of sp³-hybridized carbons (Fsp3) is 0.174. The van der Waals surface area contributed by atoms with Crippen LogP contribution < -0.4 is 21.3 Å². The van der Waals surface area contributed by atoms with E-state index >= 15 is 0 Å². The topological polar surface area (TPSA) is 82.3 Å². The van der Waals surface area contributed by atoms with Gasteiger partial charge in [-0.1, -0.05) is 30.3 Å². The van der Waals surface area contributed by atoms with E-state index < -0.39 is 5.69 Å².